The lowest BCUT2D eigenvalue weighted by molar-refractivity contribution is 0.489. The van der Waals surface area contributed by atoms with Gasteiger partial charge in [0, 0.05) is 17.9 Å². The minimum absolute atomic E-state index is 0.0411. The number of nitrogen functional groups attached to an aromatic ring is 1. The molecule has 0 spiro atoms. The Bertz CT molecular complexity index is 1360. The summed E-state index contributed by atoms with van der Waals surface area (Å²) in [4.78, 5) is 12.4. The SMILES string of the molecule is CS(=O)(=O)c1ccc(-c2cc(=O)c3cc(F)c(N)c(NS(=O)(=O)O)c3o2)cc1. The highest BCUT2D eigenvalue weighted by atomic mass is 32.2. The molecule has 0 atom stereocenters. The van der Waals surface area contributed by atoms with E-state index in [-0.39, 0.29) is 16.0 Å². The number of hydrogen-bond acceptors (Lipinski definition) is 7. The molecule has 28 heavy (non-hydrogen) atoms. The van der Waals surface area contributed by atoms with Gasteiger partial charge in [0.25, 0.3) is 0 Å². The standard InChI is InChI=1S/C16H13FN2O7S2/c1-27(21,22)9-4-2-8(3-5-9)13-7-12(20)10-6-11(17)14(18)15(16(10)26-13)19-28(23,24)25/h2-7,19H,18H2,1H3,(H,23,24,25). The summed E-state index contributed by atoms with van der Waals surface area (Å²) in [6, 6.07) is 7.16. The lowest BCUT2D eigenvalue weighted by atomic mass is 10.1. The van der Waals surface area contributed by atoms with Gasteiger partial charge in [-0.3, -0.25) is 14.1 Å². The Balaban J connectivity index is 2.28. The lowest BCUT2D eigenvalue weighted by Crippen LogP contribution is -2.14. The number of benzene rings is 2. The monoisotopic (exact) mass is 428 g/mol. The maximum atomic E-state index is 14.0. The van der Waals surface area contributed by atoms with Crippen molar-refractivity contribution >= 4 is 42.5 Å². The first kappa shape index (κ1) is 19.8. The van der Waals surface area contributed by atoms with Crippen molar-refractivity contribution in [3.8, 4) is 11.3 Å². The van der Waals surface area contributed by atoms with Crippen molar-refractivity contribution in [2.24, 2.45) is 0 Å². The zero-order chi connectivity index (χ0) is 20.9. The Kier molecular flexibility index (Phi) is 4.65. The van der Waals surface area contributed by atoms with Crippen molar-refractivity contribution in [1.82, 2.24) is 0 Å². The molecule has 2 aromatic carbocycles. The number of rotatable bonds is 4. The fourth-order valence-electron chi connectivity index (χ4n) is 2.51. The molecule has 9 nitrogen and oxygen atoms in total. The van der Waals surface area contributed by atoms with Crippen LogP contribution >= 0.6 is 0 Å². The molecule has 0 amide bonds. The molecule has 0 aliphatic rings. The summed E-state index contributed by atoms with van der Waals surface area (Å²) in [7, 11) is -8.28. The average molecular weight is 428 g/mol. The van der Waals surface area contributed by atoms with Crippen LogP contribution in [-0.4, -0.2) is 27.6 Å². The van der Waals surface area contributed by atoms with Crippen molar-refractivity contribution in [2.75, 3.05) is 16.7 Å². The number of sulfone groups is 1. The maximum Gasteiger partial charge on any atom is 0.357 e. The van der Waals surface area contributed by atoms with Gasteiger partial charge in [-0.25, -0.2) is 12.8 Å². The Morgan fingerprint density at radius 1 is 1.11 bits per heavy atom. The summed E-state index contributed by atoms with van der Waals surface area (Å²) < 4.78 is 75.6. The molecule has 0 aliphatic heterocycles. The van der Waals surface area contributed by atoms with Crippen LogP contribution in [0.5, 0.6) is 0 Å². The largest absolute Gasteiger partial charge is 0.454 e. The van der Waals surface area contributed by atoms with Crippen LogP contribution in [0.3, 0.4) is 0 Å². The summed E-state index contributed by atoms with van der Waals surface area (Å²) >= 11 is 0. The molecule has 4 N–H and O–H groups in total. The molecular weight excluding hydrogens is 415 g/mol. The highest BCUT2D eigenvalue weighted by molar-refractivity contribution is 7.90. The van der Waals surface area contributed by atoms with Crippen LogP contribution in [0.25, 0.3) is 22.3 Å². The van der Waals surface area contributed by atoms with E-state index >= 15 is 0 Å². The van der Waals surface area contributed by atoms with E-state index in [0.29, 0.717) is 5.56 Å². The van der Waals surface area contributed by atoms with E-state index in [1.807, 2.05) is 0 Å². The minimum Gasteiger partial charge on any atom is -0.454 e. The molecule has 148 valence electrons. The first-order chi connectivity index (χ1) is 12.9. The predicted molar refractivity (Wildman–Crippen MR) is 101 cm³/mol. The molecule has 3 aromatic rings. The minimum atomic E-state index is -4.85. The van der Waals surface area contributed by atoms with Crippen LogP contribution in [0.15, 0.2) is 50.5 Å². The average Bonchev–Trinajstić information content (AvgIpc) is 2.58. The second-order valence-electron chi connectivity index (χ2n) is 5.87. The third-order valence-corrected chi connectivity index (χ3v) is 5.40. The predicted octanol–water partition coefficient (Wildman–Crippen LogP) is 1.80. The molecule has 0 fully saturated rings. The Hall–Kier alpha value is -2.96. The first-order valence-corrected chi connectivity index (χ1v) is 10.8. The molecule has 0 bridgehead atoms. The van der Waals surface area contributed by atoms with Crippen LogP contribution in [-0.2, 0) is 20.1 Å². The Labute approximate surface area is 158 Å². The summed E-state index contributed by atoms with van der Waals surface area (Å²) in [5.41, 5.74) is 3.40. The van der Waals surface area contributed by atoms with E-state index < -0.39 is 48.3 Å². The number of halogens is 1. The Morgan fingerprint density at radius 3 is 2.25 bits per heavy atom. The second kappa shape index (κ2) is 6.58. The van der Waals surface area contributed by atoms with E-state index in [1.165, 1.54) is 24.3 Å². The van der Waals surface area contributed by atoms with E-state index in [9.17, 15) is 26.0 Å². The second-order valence-corrected chi connectivity index (χ2v) is 9.04. The number of fused-ring (bicyclic) bond motifs is 1. The smallest absolute Gasteiger partial charge is 0.357 e. The zero-order valence-electron chi connectivity index (χ0n) is 14.1. The van der Waals surface area contributed by atoms with E-state index in [2.05, 4.69) is 0 Å². The molecule has 0 aliphatic carbocycles. The van der Waals surface area contributed by atoms with Crippen molar-refractivity contribution in [1.29, 1.82) is 0 Å². The van der Waals surface area contributed by atoms with Gasteiger partial charge < -0.3 is 10.2 Å². The molecule has 3 rings (SSSR count). The molecule has 1 aromatic heterocycles. The quantitative estimate of drug-likeness (QED) is 0.419. The fraction of sp³-hybridized carbons (Fsp3) is 0.0625. The summed E-state index contributed by atoms with van der Waals surface area (Å²) in [6.07, 6.45) is 1.03. The number of hydrogen-bond donors (Lipinski definition) is 3. The molecule has 0 saturated heterocycles. The molecule has 0 saturated carbocycles. The van der Waals surface area contributed by atoms with Gasteiger partial charge in [-0.05, 0) is 30.3 Å². The highest BCUT2D eigenvalue weighted by Crippen LogP contribution is 2.34. The summed E-state index contributed by atoms with van der Waals surface area (Å²) in [5, 5.41) is -0.311. The summed E-state index contributed by atoms with van der Waals surface area (Å²) in [5.74, 6) is -1.14. The van der Waals surface area contributed by atoms with Crippen molar-refractivity contribution in [2.45, 2.75) is 4.90 Å². The van der Waals surface area contributed by atoms with Crippen LogP contribution in [0.1, 0.15) is 0 Å². The number of nitrogens with two attached hydrogens (primary N) is 1. The van der Waals surface area contributed by atoms with Crippen LogP contribution < -0.4 is 15.9 Å². The van der Waals surface area contributed by atoms with Gasteiger partial charge in [0.05, 0.1) is 16.0 Å². The van der Waals surface area contributed by atoms with Gasteiger partial charge in [0.1, 0.15) is 17.3 Å². The molecular formula is C16H13FN2O7S2. The van der Waals surface area contributed by atoms with E-state index in [4.69, 9.17) is 14.7 Å². The van der Waals surface area contributed by atoms with Gasteiger partial charge in [-0.2, -0.15) is 8.42 Å². The topological polar surface area (TPSA) is 157 Å². The maximum absolute atomic E-state index is 14.0. The third kappa shape index (κ3) is 3.83. The molecule has 0 radical (unpaired) electrons. The van der Waals surface area contributed by atoms with Crippen molar-refractivity contribution in [3.63, 3.8) is 0 Å². The van der Waals surface area contributed by atoms with Crippen molar-refractivity contribution < 1.29 is 30.2 Å². The van der Waals surface area contributed by atoms with Gasteiger partial charge in [-0.15, -0.1) is 0 Å². The molecule has 0 unspecified atom stereocenters. The van der Waals surface area contributed by atoms with Crippen LogP contribution in [0, 0.1) is 5.82 Å². The first-order valence-electron chi connectivity index (χ1n) is 7.48. The van der Waals surface area contributed by atoms with Crippen molar-refractivity contribution in [3.05, 3.63) is 52.4 Å². The van der Waals surface area contributed by atoms with E-state index in [1.54, 1.807) is 4.72 Å². The van der Waals surface area contributed by atoms with Crippen LogP contribution in [0.4, 0.5) is 15.8 Å². The summed E-state index contributed by atoms with van der Waals surface area (Å²) in [6.45, 7) is 0. The van der Waals surface area contributed by atoms with Gasteiger partial charge in [0.2, 0.25) is 0 Å². The Morgan fingerprint density at radius 2 is 1.71 bits per heavy atom. The third-order valence-electron chi connectivity index (χ3n) is 3.81. The zero-order valence-corrected chi connectivity index (χ0v) is 15.8. The van der Waals surface area contributed by atoms with Crippen LogP contribution in [0.2, 0.25) is 0 Å². The van der Waals surface area contributed by atoms with Gasteiger partial charge >= 0.3 is 10.3 Å². The fourth-order valence-corrected chi connectivity index (χ4v) is 3.60. The number of anilines is 2. The highest BCUT2D eigenvalue weighted by Gasteiger charge is 2.20. The van der Waals surface area contributed by atoms with E-state index in [0.717, 1.165) is 18.4 Å². The molecule has 12 heteroatoms. The van der Waals surface area contributed by atoms with Gasteiger partial charge in [-0.1, -0.05) is 0 Å². The van der Waals surface area contributed by atoms with Gasteiger partial charge in [0.15, 0.2) is 20.8 Å². The normalized spacial score (nSPS) is 12.2. The number of nitrogens with one attached hydrogen (secondary N) is 1. The lowest BCUT2D eigenvalue weighted by Gasteiger charge is -2.11. The molecule has 1 heterocycles.